The Bertz CT molecular complexity index is 463. The molecule has 0 saturated carbocycles. The maximum atomic E-state index is 8.85. The standard InChI is InChI=1S/C15H25N3O3/c1-4-18(8-9-21-5-2)11-12-6-7-14(20-3)13(10-12)15(16)17-19/h6-7,10,19H,4-5,8-9,11H2,1-3H3,(H2,16,17). The third kappa shape index (κ3) is 5.24. The number of amidine groups is 1. The van der Waals surface area contributed by atoms with E-state index in [1.807, 2.05) is 25.1 Å². The quantitative estimate of drug-likeness (QED) is 0.238. The molecule has 0 saturated heterocycles. The lowest BCUT2D eigenvalue weighted by molar-refractivity contribution is 0.113. The van der Waals surface area contributed by atoms with E-state index in [2.05, 4.69) is 17.0 Å². The highest BCUT2D eigenvalue weighted by atomic mass is 16.5. The minimum atomic E-state index is 0.0473. The Hall–Kier alpha value is -1.79. The zero-order valence-corrected chi connectivity index (χ0v) is 13.0. The Morgan fingerprint density at radius 3 is 2.71 bits per heavy atom. The molecule has 6 heteroatoms. The van der Waals surface area contributed by atoms with Crippen LogP contribution < -0.4 is 10.5 Å². The number of methoxy groups -OCH3 is 1. The molecule has 0 unspecified atom stereocenters. The number of benzene rings is 1. The number of oxime groups is 1. The van der Waals surface area contributed by atoms with E-state index in [0.29, 0.717) is 17.9 Å². The molecule has 0 atom stereocenters. The van der Waals surface area contributed by atoms with Gasteiger partial charge in [-0.15, -0.1) is 0 Å². The minimum Gasteiger partial charge on any atom is -0.496 e. The first-order valence-corrected chi connectivity index (χ1v) is 7.11. The average Bonchev–Trinajstić information content (AvgIpc) is 2.53. The van der Waals surface area contributed by atoms with E-state index in [4.69, 9.17) is 20.4 Å². The molecule has 3 N–H and O–H groups in total. The fourth-order valence-electron chi connectivity index (χ4n) is 2.05. The van der Waals surface area contributed by atoms with Crippen LogP contribution >= 0.6 is 0 Å². The second kappa shape index (κ2) is 9.20. The predicted molar refractivity (Wildman–Crippen MR) is 82.9 cm³/mol. The number of rotatable bonds is 9. The molecule has 1 aromatic carbocycles. The van der Waals surface area contributed by atoms with Crippen LogP contribution in [0, 0.1) is 0 Å². The molecule has 118 valence electrons. The second-order valence-electron chi connectivity index (χ2n) is 4.59. The smallest absolute Gasteiger partial charge is 0.173 e. The van der Waals surface area contributed by atoms with Gasteiger partial charge >= 0.3 is 0 Å². The maximum Gasteiger partial charge on any atom is 0.173 e. The number of ether oxygens (including phenoxy) is 2. The van der Waals surface area contributed by atoms with Gasteiger partial charge in [0.15, 0.2) is 5.84 Å². The molecule has 0 aliphatic heterocycles. The summed E-state index contributed by atoms with van der Waals surface area (Å²) < 4.78 is 10.6. The van der Waals surface area contributed by atoms with Gasteiger partial charge < -0.3 is 20.4 Å². The number of hydrogen-bond acceptors (Lipinski definition) is 5. The first-order valence-electron chi connectivity index (χ1n) is 7.11. The summed E-state index contributed by atoms with van der Waals surface area (Å²) in [5.41, 5.74) is 7.36. The summed E-state index contributed by atoms with van der Waals surface area (Å²) in [7, 11) is 1.56. The molecule has 0 aliphatic carbocycles. The Labute approximate surface area is 126 Å². The molecule has 6 nitrogen and oxygen atoms in total. The highest BCUT2D eigenvalue weighted by molar-refractivity contribution is 5.99. The van der Waals surface area contributed by atoms with Gasteiger partial charge in [-0.3, -0.25) is 4.90 Å². The van der Waals surface area contributed by atoms with Crippen molar-refractivity contribution in [2.24, 2.45) is 10.9 Å². The van der Waals surface area contributed by atoms with Crippen LogP contribution in [0.5, 0.6) is 5.75 Å². The summed E-state index contributed by atoms with van der Waals surface area (Å²) in [6.45, 7) is 8.12. The van der Waals surface area contributed by atoms with E-state index in [1.54, 1.807) is 7.11 Å². The van der Waals surface area contributed by atoms with Crippen LogP contribution in [0.15, 0.2) is 23.4 Å². The van der Waals surface area contributed by atoms with Crippen LogP contribution in [-0.4, -0.2) is 49.4 Å². The predicted octanol–water partition coefficient (Wildman–Crippen LogP) is 1.65. The molecular formula is C15H25N3O3. The van der Waals surface area contributed by atoms with Crippen molar-refractivity contribution in [3.8, 4) is 5.75 Å². The molecular weight excluding hydrogens is 270 g/mol. The van der Waals surface area contributed by atoms with Gasteiger partial charge in [0.05, 0.1) is 19.3 Å². The lowest BCUT2D eigenvalue weighted by Gasteiger charge is -2.21. The average molecular weight is 295 g/mol. The normalized spacial score (nSPS) is 11.9. The van der Waals surface area contributed by atoms with Crippen molar-refractivity contribution in [1.29, 1.82) is 0 Å². The Morgan fingerprint density at radius 1 is 1.38 bits per heavy atom. The highest BCUT2D eigenvalue weighted by Gasteiger charge is 2.11. The van der Waals surface area contributed by atoms with E-state index in [-0.39, 0.29) is 5.84 Å². The molecule has 0 amide bonds. The van der Waals surface area contributed by atoms with Crippen molar-refractivity contribution < 1.29 is 14.7 Å². The summed E-state index contributed by atoms with van der Waals surface area (Å²) in [5.74, 6) is 0.637. The maximum absolute atomic E-state index is 8.85. The molecule has 0 radical (unpaired) electrons. The first-order chi connectivity index (χ1) is 10.2. The second-order valence-corrected chi connectivity index (χ2v) is 4.59. The summed E-state index contributed by atoms with van der Waals surface area (Å²) in [4.78, 5) is 2.27. The van der Waals surface area contributed by atoms with Crippen molar-refractivity contribution >= 4 is 5.84 Å². The third-order valence-corrected chi connectivity index (χ3v) is 3.26. The van der Waals surface area contributed by atoms with E-state index >= 15 is 0 Å². The largest absolute Gasteiger partial charge is 0.496 e. The van der Waals surface area contributed by atoms with Gasteiger partial charge in [0, 0.05) is 19.7 Å². The van der Waals surface area contributed by atoms with Gasteiger partial charge in [0.25, 0.3) is 0 Å². The van der Waals surface area contributed by atoms with Crippen molar-refractivity contribution in [3.63, 3.8) is 0 Å². The van der Waals surface area contributed by atoms with Crippen molar-refractivity contribution in [3.05, 3.63) is 29.3 Å². The highest BCUT2D eigenvalue weighted by Crippen LogP contribution is 2.20. The van der Waals surface area contributed by atoms with Crippen LogP contribution in [0.25, 0.3) is 0 Å². The van der Waals surface area contributed by atoms with Crippen molar-refractivity contribution in [2.45, 2.75) is 20.4 Å². The molecule has 0 bridgehead atoms. The zero-order valence-electron chi connectivity index (χ0n) is 13.0. The number of nitrogens with two attached hydrogens (primary N) is 1. The Morgan fingerprint density at radius 2 is 2.14 bits per heavy atom. The first kappa shape index (κ1) is 17.3. The molecule has 1 aromatic rings. The van der Waals surface area contributed by atoms with Crippen LogP contribution in [0.1, 0.15) is 25.0 Å². The van der Waals surface area contributed by atoms with Crippen molar-refractivity contribution in [2.75, 3.05) is 33.4 Å². The molecule has 0 aliphatic rings. The lowest BCUT2D eigenvalue weighted by Crippen LogP contribution is -2.27. The minimum absolute atomic E-state index is 0.0473. The fraction of sp³-hybridized carbons (Fsp3) is 0.533. The summed E-state index contributed by atoms with van der Waals surface area (Å²) in [6.07, 6.45) is 0. The van der Waals surface area contributed by atoms with E-state index < -0.39 is 0 Å². The molecule has 0 spiro atoms. The van der Waals surface area contributed by atoms with E-state index in [9.17, 15) is 0 Å². The van der Waals surface area contributed by atoms with Crippen LogP contribution in [0.3, 0.4) is 0 Å². The number of hydrogen-bond donors (Lipinski definition) is 2. The lowest BCUT2D eigenvalue weighted by atomic mass is 10.1. The third-order valence-electron chi connectivity index (χ3n) is 3.26. The van der Waals surface area contributed by atoms with Gasteiger partial charge in [-0.25, -0.2) is 0 Å². The van der Waals surface area contributed by atoms with E-state index in [1.165, 1.54) is 0 Å². The van der Waals surface area contributed by atoms with Gasteiger partial charge in [-0.05, 0) is 31.2 Å². The van der Waals surface area contributed by atoms with Gasteiger partial charge in [0.2, 0.25) is 0 Å². The topological polar surface area (TPSA) is 80.3 Å². The van der Waals surface area contributed by atoms with E-state index in [0.717, 1.165) is 31.8 Å². The molecule has 0 fully saturated rings. The monoisotopic (exact) mass is 295 g/mol. The Balaban J connectivity index is 2.83. The Kier molecular flexibility index (Phi) is 7.56. The summed E-state index contributed by atoms with van der Waals surface area (Å²) >= 11 is 0. The summed E-state index contributed by atoms with van der Waals surface area (Å²) in [5, 5.41) is 11.9. The van der Waals surface area contributed by atoms with Crippen LogP contribution in [0.2, 0.25) is 0 Å². The van der Waals surface area contributed by atoms with Crippen LogP contribution in [-0.2, 0) is 11.3 Å². The van der Waals surface area contributed by atoms with Crippen LogP contribution in [0.4, 0.5) is 0 Å². The SMILES string of the molecule is CCOCCN(CC)Cc1ccc(OC)c(C(N)=NO)c1. The molecule has 0 heterocycles. The molecule has 1 rings (SSSR count). The zero-order chi connectivity index (χ0) is 15.7. The van der Waals surface area contributed by atoms with Gasteiger partial charge in [-0.1, -0.05) is 18.1 Å². The molecule has 0 aromatic heterocycles. The fourth-order valence-corrected chi connectivity index (χ4v) is 2.05. The van der Waals surface area contributed by atoms with Gasteiger partial charge in [-0.2, -0.15) is 0 Å². The molecule has 21 heavy (non-hydrogen) atoms. The van der Waals surface area contributed by atoms with Gasteiger partial charge in [0.1, 0.15) is 5.75 Å². The summed E-state index contributed by atoms with van der Waals surface area (Å²) in [6, 6.07) is 5.70. The number of nitrogens with zero attached hydrogens (tertiary/aromatic N) is 2. The van der Waals surface area contributed by atoms with Crippen molar-refractivity contribution in [1.82, 2.24) is 4.90 Å². The number of likely N-dealkylation sites (N-methyl/N-ethyl adjacent to an activating group) is 1.